The van der Waals surface area contributed by atoms with Gasteiger partial charge in [0, 0.05) is 23.2 Å². The Hall–Kier alpha value is -2.60. The summed E-state index contributed by atoms with van der Waals surface area (Å²) in [7, 11) is 0. The third kappa shape index (κ3) is 2.51. The van der Waals surface area contributed by atoms with Crippen molar-refractivity contribution < 1.29 is 14.7 Å². The normalized spacial score (nSPS) is 11.0. The summed E-state index contributed by atoms with van der Waals surface area (Å²) in [6, 6.07) is 7.19. The Morgan fingerprint density at radius 3 is 2.70 bits per heavy atom. The van der Waals surface area contributed by atoms with Crippen LogP contribution in [-0.2, 0) is 17.6 Å². The minimum Gasteiger partial charge on any atom is -0.506 e. The number of hydrogen-bond acceptors (Lipinski definition) is 4. The monoisotopic (exact) mass is 328 g/mol. The van der Waals surface area contributed by atoms with Gasteiger partial charge in [-0.15, -0.1) is 11.3 Å². The van der Waals surface area contributed by atoms with Crippen LogP contribution in [0.1, 0.15) is 33.4 Å². The van der Waals surface area contributed by atoms with E-state index in [0.717, 1.165) is 16.1 Å². The maximum Gasteiger partial charge on any atom is 0.289 e. The number of aromatic nitrogens is 1. The highest BCUT2D eigenvalue weighted by Crippen LogP contribution is 2.32. The van der Waals surface area contributed by atoms with Gasteiger partial charge in [0.15, 0.2) is 0 Å². The van der Waals surface area contributed by atoms with Gasteiger partial charge in [-0.2, -0.15) is 0 Å². The van der Waals surface area contributed by atoms with E-state index in [1.807, 2.05) is 24.4 Å². The molecule has 0 fully saturated rings. The number of aromatic hydroxyl groups is 1. The number of carbonyl (C=O) groups is 2. The second-order valence-corrected chi connectivity index (χ2v) is 6.25. The van der Waals surface area contributed by atoms with Gasteiger partial charge < -0.3 is 15.2 Å². The largest absolute Gasteiger partial charge is 0.506 e. The average molecular weight is 328 g/mol. The van der Waals surface area contributed by atoms with Gasteiger partial charge in [0.05, 0.1) is 11.1 Å². The van der Waals surface area contributed by atoms with Crippen molar-refractivity contribution in [1.82, 2.24) is 4.40 Å². The second kappa shape index (κ2) is 5.89. The number of thiophene rings is 1. The standard InChI is InChI=1S/C17H16N2O3S/c1-2-11-12(9-10-5-4-8-23-10)19-7-3-6-13(20)15(19)14(11)16(21)17(18)22/h3-8,20H,2,9H2,1H3,(H2,18,22). The van der Waals surface area contributed by atoms with Crippen molar-refractivity contribution in [3.8, 4) is 5.75 Å². The molecular weight excluding hydrogens is 312 g/mol. The van der Waals surface area contributed by atoms with Gasteiger partial charge in [-0.25, -0.2) is 0 Å². The highest BCUT2D eigenvalue weighted by Gasteiger charge is 2.27. The summed E-state index contributed by atoms with van der Waals surface area (Å²) in [5.41, 5.74) is 7.41. The van der Waals surface area contributed by atoms with Gasteiger partial charge in [-0.05, 0) is 35.6 Å². The lowest BCUT2D eigenvalue weighted by Crippen LogP contribution is -2.24. The molecule has 0 radical (unpaired) electrons. The number of fused-ring (bicyclic) bond motifs is 1. The molecule has 1 amide bonds. The van der Waals surface area contributed by atoms with Crippen LogP contribution in [0.4, 0.5) is 0 Å². The Kier molecular flexibility index (Phi) is 3.92. The minimum absolute atomic E-state index is 0.0378. The van der Waals surface area contributed by atoms with Crippen LogP contribution in [-0.4, -0.2) is 21.2 Å². The third-order valence-electron chi connectivity index (χ3n) is 3.88. The van der Waals surface area contributed by atoms with Crippen molar-refractivity contribution >= 4 is 28.5 Å². The van der Waals surface area contributed by atoms with Crippen LogP contribution in [0, 0.1) is 0 Å². The molecule has 0 saturated carbocycles. The van der Waals surface area contributed by atoms with Crippen molar-refractivity contribution in [2.24, 2.45) is 5.73 Å². The van der Waals surface area contributed by atoms with Crippen molar-refractivity contribution in [3.63, 3.8) is 0 Å². The molecule has 3 heterocycles. The molecule has 23 heavy (non-hydrogen) atoms. The molecule has 0 aliphatic carbocycles. The number of nitrogens with two attached hydrogens (primary N) is 1. The summed E-state index contributed by atoms with van der Waals surface area (Å²) in [5.74, 6) is -1.82. The lowest BCUT2D eigenvalue weighted by molar-refractivity contribution is -0.114. The molecule has 3 aromatic rings. The van der Waals surface area contributed by atoms with E-state index in [2.05, 4.69) is 0 Å². The van der Waals surface area contributed by atoms with Crippen LogP contribution in [0.3, 0.4) is 0 Å². The van der Waals surface area contributed by atoms with Crippen LogP contribution in [0.25, 0.3) is 5.52 Å². The van der Waals surface area contributed by atoms with Crippen molar-refractivity contribution in [3.05, 3.63) is 57.5 Å². The van der Waals surface area contributed by atoms with Crippen LogP contribution >= 0.6 is 11.3 Å². The number of amides is 1. The lowest BCUT2D eigenvalue weighted by Gasteiger charge is -2.04. The number of nitrogens with zero attached hydrogens (tertiary/aromatic N) is 1. The molecule has 0 bridgehead atoms. The van der Waals surface area contributed by atoms with E-state index in [-0.39, 0.29) is 11.3 Å². The first-order chi connectivity index (χ1) is 11.0. The molecule has 0 spiro atoms. The summed E-state index contributed by atoms with van der Waals surface area (Å²) in [5, 5.41) is 12.2. The van der Waals surface area contributed by atoms with Gasteiger partial charge in [-0.1, -0.05) is 13.0 Å². The number of carbonyl (C=O) groups excluding carboxylic acids is 2. The molecule has 0 atom stereocenters. The van der Waals surface area contributed by atoms with Gasteiger partial charge in [0.1, 0.15) is 5.75 Å². The zero-order valence-corrected chi connectivity index (χ0v) is 13.4. The first-order valence-electron chi connectivity index (χ1n) is 7.24. The maximum absolute atomic E-state index is 12.3. The summed E-state index contributed by atoms with van der Waals surface area (Å²) >= 11 is 1.62. The topological polar surface area (TPSA) is 84.8 Å². The first kappa shape index (κ1) is 15.3. The Morgan fingerprint density at radius 2 is 2.09 bits per heavy atom. The van der Waals surface area contributed by atoms with Gasteiger partial charge in [-0.3, -0.25) is 9.59 Å². The van der Waals surface area contributed by atoms with E-state index >= 15 is 0 Å². The quantitative estimate of drug-likeness (QED) is 0.557. The van der Waals surface area contributed by atoms with Crippen LogP contribution in [0.2, 0.25) is 0 Å². The van der Waals surface area contributed by atoms with Gasteiger partial charge in [0.2, 0.25) is 0 Å². The molecule has 3 rings (SSSR count). The molecule has 3 aromatic heterocycles. The van der Waals surface area contributed by atoms with Crippen molar-refractivity contribution in [1.29, 1.82) is 0 Å². The Morgan fingerprint density at radius 1 is 1.30 bits per heavy atom. The average Bonchev–Trinajstić information content (AvgIpc) is 3.14. The molecule has 6 heteroatoms. The fraction of sp³-hybridized carbons (Fsp3) is 0.176. The molecule has 0 unspecified atom stereocenters. The SMILES string of the molecule is CCc1c(C(=O)C(N)=O)c2c(O)cccn2c1Cc1cccs1. The molecule has 3 N–H and O–H groups in total. The number of hydrogen-bond donors (Lipinski definition) is 2. The van der Waals surface area contributed by atoms with Gasteiger partial charge >= 0.3 is 0 Å². The van der Waals surface area contributed by atoms with E-state index in [1.165, 1.54) is 6.07 Å². The Labute approximate surface area is 137 Å². The van der Waals surface area contributed by atoms with E-state index in [1.54, 1.807) is 28.0 Å². The predicted molar refractivity (Wildman–Crippen MR) is 89.1 cm³/mol. The fourth-order valence-corrected chi connectivity index (χ4v) is 3.63. The van der Waals surface area contributed by atoms with E-state index in [4.69, 9.17) is 5.73 Å². The predicted octanol–water partition coefficient (Wildman–Crippen LogP) is 2.53. The van der Waals surface area contributed by atoms with E-state index < -0.39 is 11.7 Å². The molecule has 0 aliphatic rings. The second-order valence-electron chi connectivity index (χ2n) is 5.22. The highest BCUT2D eigenvalue weighted by atomic mass is 32.1. The van der Waals surface area contributed by atoms with Crippen LogP contribution in [0.15, 0.2) is 35.8 Å². The Bertz CT molecular complexity index is 894. The molecule has 5 nitrogen and oxygen atoms in total. The molecule has 0 aliphatic heterocycles. The zero-order valence-electron chi connectivity index (χ0n) is 12.6. The number of rotatable bonds is 5. The molecule has 0 aromatic carbocycles. The zero-order chi connectivity index (χ0) is 16.6. The highest BCUT2D eigenvalue weighted by molar-refractivity contribution is 7.09. The van der Waals surface area contributed by atoms with Crippen molar-refractivity contribution in [2.75, 3.05) is 0 Å². The maximum atomic E-state index is 12.3. The van der Waals surface area contributed by atoms with E-state index in [0.29, 0.717) is 18.4 Å². The number of ketones is 1. The summed E-state index contributed by atoms with van der Waals surface area (Å²) in [6.07, 6.45) is 2.97. The number of primary amides is 1. The van der Waals surface area contributed by atoms with Crippen LogP contribution in [0.5, 0.6) is 5.75 Å². The fourth-order valence-electron chi connectivity index (χ4n) is 2.92. The lowest BCUT2D eigenvalue weighted by atomic mass is 10.0. The first-order valence-corrected chi connectivity index (χ1v) is 8.12. The smallest absolute Gasteiger partial charge is 0.289 e. The summed E-state index contributed by atoms with van der Waals surface area (Å²) in [6.45, 7) is 1.92. The van der Waals surface area contributed by atoms with Crippen LogP contribution < -0.4 is 5.73 Å². The van der Waals surface area contributed by atoms with Gasteiger partial charge in [0.25, 0.3) is 11.7 Å². The molecule has 0 saturated heterocycles. The number of Topliss-reactive ketones (excluding diaryl/α,β-unsaturated/α-hetero) is 1. The minimum atomic E-state index is -1.02. The molecular formula is C17H16N2O3S. The number of pyridine rings is 1. The van der Waals surface area contributed by atoms with Crippen molar-refractivity contribution in [2.45, 2.75) is 19.8 Å². The molecule has 118 valence electrons. The summed E-state index contributed by atoms with van der Waals surface area (Å²) in [4.78, 5) is 24.9. The third-order valence-corrected chi connectivity index (χ3v) is 4.75. The van der Waals surface area contributed by atoms with E-state index in [9.17, 15) is 14.7 Å². The summed E-state index contributed by atoms with van der Waals surface area (Å²) < 4.78 is 1.78. The Balaban J connectivity index is 2.33.